The molecule has 0 aliphatic carbocycles. The van der Waals surface area contributed by atoms with Crippen LogP contribution in [0, 0.1) is 0 Å². The number of hydrogen-bond acceptors (Lipinski definition) is 3. The molecule has 0 spiro atoms. The second-order valence-corrected chi connectivity index (χ2v) is 4.49. The van der Waals surface area contributed by atoms with E-state index in [1.54, 1.807) is 6.07 Å². The number of nitrogen functional groups attached to an aromatic ring is 1. The Labute approximate surface area is 119 Å². The predicted octanol–water partition coefficient (Wildman–Crippen LogP) is 3.22. The van der Waals surface area contributed by atoms with E-state index < -0.39 is 18.5 Å². The molecular weight excluding hydrogens is 297 g/mol. The van der Waals surface area contributed by atoms with Gasteiger partial charge in [0.25, 0.3) is 0 Å². The first kappa shape index (κ1) is 16.6. The van der Waals surface area contributed by atoms with Crippen LogP contribution in [0.15, 0.2) is 18.2 Å². The molecule has 112 valence electrons. The highest BCUT2D eigenvalue weighted by molar-refractivity contribution is 6.31. The maximum Gasteiger partial charge on any atom is 0.389 e. The number of hydrogen-bond donors (Lipinski definition) is 2. The Hall–Kier alpha value is -1.47. The Morgan fingerprint density at radius 2 is 2.10 bits per heavy atom. The molecular formula is C12H14ClF3N2O2. The summed E-state index contributed by atoms with van der Waals surface area (Å²) < 4.78 is 40.4. The number of anilines is 2. The highest BCUT2D eigenvalue weighted by atomic mass is 35.5. The average Bonchev–Trinajstić information content (AvgIpc) is 2.31. The summed E-state index contributed by atoms with van der Waals surface area (Å²) in [6.45, 7) is -0.469. The van der Waals surface area contributed by atoms with Crippen molar-refractivity contribution in [1.29, 1.82) is 0 Å². The van der Waals surface area contributed by atoms with Crippen LogP contribution in [0.3, 0.4) is 0 Å². The van der Waals surface area contributed by atoms with Gasteiger partial charge in [0.1, 0.15) is 6.61 Å². The summed E-state index contributed by atoms with van der Waals surface area (Å²) in [7, 11) is 0. The highest BCUT2D eigenvalue weighted by Gasteiger charge is 2.25. The van der Waals surface area contributed by atoms with Crippen LogP contribution in [-0.4, -0.2) is 25.3 Å². The molecule has 1 amide bonds. The molecule has 8 heteroatoms. The molecule has 0 fully saturated rings. The predicted molar refractivity (Wildman–Crippen MR) is 70.6 cm³/mol. The van der Waals surface area contributed by atoms with Crippen LogP contribution >= 0.6 is 11.6 Å². The molecule has 1 aromatic carbocycles. The van der Waals surface area contributed by atoms with Gasteiger partial charge in [-0.05, 0) is 24.6 Å². The molecule has 0 saturated carbocycles. The van der Waals surface area contributed by atoms with Crippen molar-refractivity contribution in [3.8, 4) is 0 Å². The van der Waals surface area contributed by atoms with Crippen LogP contribution in [0.4, 0.5) is 24.5 Å². The first-order chi connectivity index (χ1) is 9.28. The van der Waals surface area contributed by atoms with Crippen LogP contribution in [0.25, 0.3) is 0 Å². The number of alkyl halides is 3. The topological polar surface area (TPSA) is 64.3 Å². The van der Waals surface area contributed by atoms with Gasteiger partial charge in [0.2, 0.25) is 5.91 Å². The van der Waals surface area contributed by atoms with Gasteiger partial charge in [-0.25, -0.2) is 0 Å². The maximum atomic E-state index is 11.8. The summed E-state index contributed by atoms with van der Waals surface area (Å²) in [6, 6.07) is 4.55. The monoisotopic (exact) mass is 310 g/mol. The van der Waals surface area contributed by atoms with E-state index in [-0.39, 0.29) is 19.6 Å². The molecule has 0 aliphatic rings. The van der Waals surface area contributed by atoms with Crippen LogP contribution in [0.5, 0.6) is 0 Å². The van der Waals surface area contributed by atoms with E-state index in [2.05, 4.69) is 5.32 Å². The number of carbonyl (C=O) groups excluding carboxylic acids is 1. The number of halogens is 4. The van der Waals surface area contributed by atoms with Crippen LogP contribution in [0.1, 0.15) is 12.8 Å². The second kappa shape index (κ2) is 7.35. The molecule has 0 heterocycles. The summed E-state index contributed by atoms with van der Waals surface area (Å²) in [6.07, 6.45) is -5.32. The van der Waals surface area contributed by atoms with Crippen molar-refractivity contribution in [2.45, 2.75) is 19.0 Å². The Kier molecular flexibility index (Phi) is 6.09. The van der Waals surface area contributed by atoms with Crippen LogP contribution < -0.4 is 11.1 Å². The van der Waals surface area contributed by atoms with E-state index in [9.17, 15) is 18.0 Å². The van der Waals surface area contributed by atoms with E-state index in [0.717, 1.165) is 0 Å². The minimum Gasteiger partial charge on any atom is -0.397 e. The molecule has 0 aliphatic heterocycles. The number of nitrogens with one attached hydrogen (secondary N) is 1. The number of carbonyl (C=O) groups is 1. The van der Waals surface area contributed by atoms with Crippen molar-refractivity contribution in [2.75, 3.05) is 24.3 Å². The Bertz CT molecular complexity index is 467. The zero-order valence-corrected chi connectivity index (χ0v) is 11.2. The third-order valence-corrected chi connectivity index (χ3v) is 2.50. The van der Waals surface area contributed by atoms with Gasteiger partial charge in [-0.2, -0.15) is 13.2 Å². The number of ether oxygens (including phenoxy) is 1. The van der Waals surface area contributed by atoms with Crippen molar-refractivity contribution in [1.82, 2.24) is 0 Å². The Balaban J connectivity index is 2.27. The quantitative estimate of drug-likeness (QED) is 0.626. The maximum absolute atomic E-state index is 11.8. The van der Waals surface area contributed by atoms with E-state index >= 15 is 0 Å². The molecule has 1 aromatic rings. The van der Waals surface area contributed by atoms with Crippen LogP contribution in [-0.2, 0) is 9.53 Å². The molecule has 0 saturated heterocycles. The third-order valence-electron chi connectivity index (χ3n) is 2.27. The minimum atomic E-state index is -4.20. The number of rotatable bonds is 6. The summed E-state index contributed by atoms with van der Waals surface area (Å²) in [5.41, 5.74) is 6.30. The number of amides is 1. The van der Waals surface area contributed by atoms with Crippen LogP contribution in [0.2, 0.25) is 5.02 Å². The van der Waals surface area contributed by atoms with E-state index in [1.165, 1.54) is 12.1 Å². The van der Waals surface area contributed by atoms with Gasteiger partial charge in [-0.3, -0.25) is 4.79 Å². The van der Waals surface area contributed by atoms with E-state index in [1.807, 2.05) is 0 Å². The standard InChI is InChI=1S/C12H14ClF3N2O2/c13-8-2-3-10(9(17)6-8)18-11(19)7-20-5-1-4-12(14,15)16/h2-3,6H,1,4-5,7,17H2,(H,18,19). The van der Waals surface area contributed by atoms with Gasteiger partial charge in [0.15, 0.2) is 0 Å². The smallest absolute Gasteiger partial charge is 0.389 e. The lowest BCUT2D eigenvalue weighted by atomic mass is 10.2. The summed E-state index contributed by atoms with van der Waals surface area (Å²) >= 11 is 5.70. The van der Waals surface area contributed by atoms with Crippen molar-refractivity contribution in [3.05, 3.63) is 23.2 Å². The van der Waals surface area contributed by atoms with Gasteiger partial charge in [0, 0.05) is 18.1 Å². The van der Waals surface area contributed by atoms with Crippen molar-refractivity contribution < 1.29 is 22.7 Å². The van der Waals surface area contributed by atoms with Crippen molar-refractivity contribution >= 4 is 28.9 Å². The lowest BCUT2D eigenvalue weighted by Crippen LogP contribution is -2.19. The third kappa shape index (κ3) is 6.63. The zero-order chi connectivity index (χ0) is 15.2. The highest BCUT2D eigenvalue weighted by Crippen LogP contribution is 2.23. The molecule has 20 heavy (non-hydrogen) atoms. The fourth-order valence-electron chi connectivity index (χ4n) is 1.37. The van der Waals surface area contributed by atoms with E-state index in [4.69, 9.17) is 22.1 Å². The molecule has 0 unspecified atom stereocenters. The molecule has 3 N–H and O–H groups in total. The van der Waals surface area contributed by atoms with E-state index in [0.29, 0.717) is 16.4 Å². The summed E-state index contributed by atoms with van der Waals surface area (Å²) in [4.78, 5) is 11.5. The Morgan fingerprint density at radius 3 is 2.70 bits per heavy atom. The average molecular weight is 311 g/mol. The van der Waals surface area contributed by atoms with Crippen molar-refractivity contribution in [2.24, 2.45) is 0 Å². The first-order valence-electron chi connectivity index (χ1n) is 5.77. The molecule has 1 rings (SSSR count). The van der Waals surface area contributed by atoms with Gasteiger partial charge in [-0.15, -0.1) is 0 Å². The van der Waals surface area contributed by atoms with Gasteiger partial charge >= 0.3 is 6.18 Å². The SMILES string of the molecule is Nc1cc(Cl)ccc1NC(=O)COCCCC(F)(F)F. The molecule has 0 atom stereocenters. The second-order valence-electron chi connectivity index (χ2n) is 4.05. The molecule has 0 aromatic heterocycles. The lowest BCUT2D eigenvalue weighted by molar-refractivity contribution is -0.138. The Morgan fingerprint density at radius 1 is 1.40 bits per heavy atom. The molecule has 4 nitrogen and oxygen atoms in total. The minimum absolute atomic E-state index is 0.136. The number of nitrogens with two attached hydrogens (primary N) is 1. The number of benzene rings is 1. The fraction of sp³-hybridized carbons (Fsp3) is 0.417. The van der Waals surface area contributed by atoms with Crippen molar-refractivity contribution in [3.63, 3.8) is 0 Å². The van der Waals surface area contributed by atoms with Gasteiger partial charge in [-0.1, -0.05) is 11.6 Å². The largest absolute Gasteiger partial charge is 0.397 e. The van der Waals surface area contributed by atoms with Gasteiger partial charge in [0.05, 0.1) is 11.4 Å². The summed E-state index contributed by atoms with van der Waals surface area (Å²) in [5.74, 6) is -0.494. The zero-order valence-electron chi connectivity index (χ0n) is 10.5. The fourth-order valence-corrected chi connectivity index (χ4v) is 1.55. The first-order valence-corrected chi connectivity index (χ1v) is 6.15. The molecule has 0 bridgehead atoms. The summed E-state index contributed by atoms with van der Waals surface area (Å²) in [5, 5.41) is 2.91. The van der Waals surface area contributed by atoms with Gasteiger partial charge < -0.3 is 15.8 Å². The molecule has 0 radical (unpaired) electrons. The normalized spacial score (nSPS) is 11.4. The lowest BCUT2D eigenvalue weighted by Gasteiger charge is -2.09.